The summed E-state index contributed by atoms with van der Waals surface area (Å²) in [7, 11) is 0. The molecule has 1 N–H and O–H groups in total. The summed E-state index contributed by atoms with van der Waals surface area (Å²) in [5.74, 6) is 2.53. The van der Waals surface area contributed by atoms with Crippen molar-refractivity contribution in [2.24, 2.45) is 0 Å². The average molecular weight is 257 g/mol. The van der Waals surface area contributed by atoms with Gasteiger partial charge in [-0.05, 0) is 13.8 Å². The standard InChI is InChI=1S/C11H19N3S2/c1-3-12-11-13-6-10(16-11)7-14-4-5-15-8-9(14)2/h6,9H,3-5,7-8H2,1-2H3,(H,12,13). The summed E-state index contributed by atoms with van der Waals surface area (Å²) < 4.78 is 0. The second-order valence-corrected chi connectivity index (χ2v) is 6.32. The summed E-state index contributed by atoms with van der Waals surface area (Å²) in [6, 6.07) is 0.698. The maximum absolute atomic E-state index is 4.37. The van der Waals surface area contributed by atoms with Crippen LogP contribution in [0.4, 0.5) is 5.13 Å². The lowest BCUT2D eigenvalue weighted by molar-refractivity contribution is 0.226. The van der Waals surface area contributed by atoms with Crippen molar-refractivity contribution in [1.29, 1.82) is 0 Å². The molecule has 1 aromatic heterocycles. The van der Waals surface area contributed by atoms with Gasteiger partial charge in [-0.2, -0.15) is 11.8 Å². The van der Waals surface area contributed by atoms with E-state index in [0.29, 0.717) is 6.04 Å². The van der Waals surface area contributed by atoms with Gasteiger partial charge in [0, 0.05) is 48.3 Å². The summed E-state index contributed by atoms with van der Waals surface area (Å²) in [5.41, 5.74) is 0. The van der Waals surface area contributed by atoms with Crippen LogP contribution in [0.3, 0.4) is 0 Å². The molecular formula is C11H19N3S2. The van der Waals surface area contributed by atoms with Gasteiger partial charge in [-0.15, -0.1) is 11.3 Å². The van der Waals surface area contributed by atoms with Gasteiger partial charge < -0.3 is 5.32 Å². The van der Waals surface area contributed by atoms with E-state index in [-0.39, 0.29) is 0 Å². The Morgan fingerprint density at radius 3 is 3.25 bits per heavy atom. The minimum absolute atomic E-state index is 0.698. The van der Waals surface area contributed by atoms with Crippen LogP contribution in [0.2, 0.25) is 0 Å². The van der Waals surface area contributed by atoms with Gasteiger partial charge in [0.2, 0.25) is 0 Å². The Balaban J connectivity index is 1.91. The lowest BCUT2D eigenvalue weighted by atomic mass is 10.3. The van der Waals surface area contributed by atoms with Gasteiger partial charge >= 0.3 is 0 Å². The number of anilines is 1. The summed E-state index contributed by atoms with van der Waals surface area (Å²) in [4.78, 5) is 8.30. The maximum atomic E-state index is 4.37. The van der Waals surface area contributed by atoms with Crippen molar-refractivity contribution in [3.63, 3.8) is 0 Å². The fraction of sp³-hybridized carbons (Fsp3) is 0.727. The molecule has 1 unspecified atom stereocenters. The Bertz CT molecular complexity index is 327. The van der Waals surface area contributed by atoms with Gasteiger partial charge in [0.05, 0.1) is 0 Å². The molecular weight excluding hydrogens is 238 g/mol. The van der Waals surface area contributed by atoms with Crippen LogP contribution in [0.1, 0.15) is 18.7 Å². The third kappa shape index (κ3) is 3.12. The fourth-order valence-electron chi connectivity index (χ4n) is 1.81. The van der Waals surface area contributed by atoms with Gasteiger partial charge in [-0.1, -0.05) is 0 Å². The molecule has 0 saturated carbocycles. The highest BCUT2D eigenvalue weighted by Gasteiger charge is 2.19. The van der Waals surface area contributed by atoms with E-state index < -0.39 is 0 Å². The van der Waals surface area contributed by atoms with Crippen LogP contribution in [0, 0.1) is 0 Å². The van der Waals surface area contributed by atoms with E-state index in [4.69, 9.17) is 0 Å². The summed E-state index contributed by atoms with van der Waals surface area (Å²) in [6.07, 6.45) is 2.01. The summed E-state index contributed by atoms with van der Waals surface area (Å²) in [6.45, 7) is 7.64. The van der Waals surface area contributed by atoms with E-state index in [9.17, 15) is 0 Å². The Morgan fingerprint density at radius 1 is 1.62 bits per heavy atom. The van der Waals surface area contributed by atoms with E-state index in [0.717, 1.165) is 18.2 Å². The van der Waals surface area contributed by atoms with Crippen molar-refractivity contribution in [1.82, 2.24) is 9.88 Å². The molecule has 90 valence electrons. The van der Waals surface area contributed by atoms with Crippen LogP contribution in [0.25, 0.3) is 0 Å². The molecule has 0 bridgehead atoms. The Labute approximate surface area is 106 Å². The number of aromatic nitrogens is 1. The highest BCUT2D eigenvalue weighted by molar-refractivity contribution is 7.99. The van der Waals surface area contributed by atoms with Crippen LogP contribution in [-0.2, 0) is 6.54 Å². The average Bonchev–Trinajstić information content (AvgIpc) is 2.70. The number of nitrogens with one attached hydrogen (secondary N) is 1. The number of thiazole rings is 1. The normalized spacial score (nSPS) is 22.2. The van der Waals surface area contributed by atoms with Crippen molar-refractivity contribution in [3.8, 4) is 0 Å². The Kier molecular flexibility index (Phi) is 4.49. The van der Waals surface area contributed by atoms with Crippen molar-refractivity contribution < 1.29 is 0 Å². The van der Waals surface area contributed by atoms with Crippen molar-refractivity contribution in [2.45, 2.75) is 26.4 Å². The number of hydrogen-bond acceptors (Lipinski definition) is 5. The van der Waals surface area contributed by atoms with Gasteiger partial charge in [0.1, 0.15) is 0 Å². The molecule has 0 spiro atoms. The second-order valence-electron chi connectivity index (χ2n) is 4.06. The van der Waals surface area contributed by atoms with Crippen LogP contribution in [-0.4, -0.2) is 40.5 Å². The molecule has 1 atom stereocenters. The molecule has 0 aromatic carbocycles. The minimum Gasteiger partial charge on any atom is -0.362 e. The molecule has 0 aliphatic carbocycles. The highest BCUT2D eigenvalue weighted by Crippen LogP contribution is 2.23. The molecule has 2 heterocycles. The first-order valence-corrected chi connectivity index (χ1v) is 7.77. The van der Waals surface area contributed by atoms with Crippen molar-refractivity contribution in [3.05, 3.63) is 11.1 Å². The first kappa shape index (κ1) is 12.2. The Morgan fingerprint density at radius 2 is 2.50 bits per heavy atom. The third-order valence-electron chi connectivity index (χ3n) is 2.75. The monoisotopic (exact) mass is 257 g/mol. The van der Waals surface area contributed by atoms with E-state index in [1.54, 1.807) is 11.3 Å². The smallest absolute Gasteiger partial charge is 0.182 e. The summed E-state index contributed by atoms with van der Waals surface area (Å²) in [5, 5.41) is 4.31. The van der Waals surface area contributed by atoms with Crippen LogP contribution >= 0.6 is 23.1 Å². The van der Waals surface area contributed by atoms with Crippen LogP contribution in [0.15, 0.2) is 6.20 Å². The van der Waals surface area contributed by atoms with Crippen molar-refractivity contribution in [2.75, 3.05) is 29.9 Å². The molecule has 1 aliphatic rings. The van der Waals surface area contributed by atoms with E-state index in [2.05, 4.69) is 40.8 Å². The quantitative estimate of drug-likeness (QED) is 0.897. The predicted octanol–water partition coefficient (Wildman–Crippen LogP) is 2.51. The molecule has 1 fully saturated rings. The van der Waals surface area contributed by atoms with E-state index in [1.807, 2.05) is 6.20 Å². The largest absolute Gasteiger partial charge is 0.362 e. The molecule has 2 rings (SSSR count). The molecule has 1 saturated heterocycles. The zero-order valence-corrected chi connectivity index (χ0v) is 11.5. The van der Waals surface area contributed by atoms with Crippen molar-refractivity contribution >= 4 is 28.2 Å². The van der Waals surface area contributed by atoms with Crippen LogP contribution < -0.4 is 5.32 Å². The molecule has 16 heavy (non-hydrogen) atoms. The van der Waals surface area contributed by atoms with E-state index in [1.165, 1.54) is 22.9 Å². The lowest BCUT2D eigenvalue weighted by Gasteiger charge is -2.32. The third-order valence-corrected chi connectivity index (χ3v) is 4.87. The first-order valence-electron chi connectivity index (χ1n) is 5.80. The van der Waals surface area contributed by atoms with Gasteiger partial charge in [-0.25, -0.2) is 4.98 Å². The molecule has 0 radical (unpaired) electrons. The SMILES string of the molecule is CCNc1ncc(CN2CCSCC2C)s1. The fourth-order valence-corrected chi connectivity index (χ4v) is 3.80. The van der Waals surface area contributed by atoms with Crippen LogP contribution in [0.5, 0.6) is 0 Å². The molecule has 3 nitrogen and oxygen atoms in total. The maximum Gasteiger partial charge on any atom is 0.182 e. The zero-order valence-electron chi connectivity index (χ0n) is 9.90. The second kappa shape index (κ2) is 5.89. The first-order chi connectivity index (χ1) is 7.79. The minimum atomic E-state index is 0.698. The molecule has 1 aromatic rings. The molecule has 0 amide bonds. The highest BCUT2D eigenvalue weighted by atomic mass is 32.2. The Hall–Kier alpha value is -0.260. The molecule has 1 aliphatic heterocycles. The predicted molar refractivity (Wildman–Crippen MR) is 73.5 cm³/mol. The zero-order chi connectivity index (χ0) is 11.4. The topological polar surface area (TPSA) is 28.2 Å². The number of rotatable bonds is 4. The lowest BCUT2D eigenvalue weighted by Crippen LogP contribution is -2.39. The molecule has 5 heteroatoms. The van der Waals surface area contributed by atoms with Gasteiger partial charge in [0.15, 0.2) is 5.13 Å². The van der Waals surface area contributed by atoms with Gasteiger partial charge in [-0.3, -0.25) is 4.90 Å². The number of thioether (sulfide) groups is 1. The number of hydrogen-bond donors (Lipinski definition) is 1. The summed E-state index contributed by atoms with van der Waals surface area (Å²) >= 11 is 3.85. The van der Waals surface area contributed by atoms with E-state index >= 15 is 0 Å². The van der Waals surface area contributed by atoms with Gasteiger partial charge in [0.25, 0.3) is 0 Å². The number of nitrogens with zero attached hydrogens (tertiary/aromatic N) is 2.